The molecule has 0 heterocycles. The lowest BCUT2D eigenvalue weighted by Gasteiger charge is -2.30. The van der Waals surface area contributed by atoms with Crippen LogP contribution in [0.1, 0.15) is 0 Å². The summed E-state index contributed by atoms with van der Waals surface area (Å²) in [5.74, 6) is 0. The van der Waals surface area contributed by atoms with Crippen molar-refractivity contribution >= 4 is 110 Å². The first-order valence-corrected chi connectivity index (χ1v) is 20.0. The van der Waals surface area contributed by atoms with Gasteiger partial charge in [0.15, 0.2) is 0 Å². The number of benzene rings is 12. The average Bonchev–Trinajstić information content (AvgIpc) is 3.28. The molecule has 2 heteroatoms. The molecule has 0 aliphatic carbocycles. The first-order valence-electron chi connectivity index (χ1n) is 20.0. The average molecular weight is 737 g/mol. The summed E-state index contributed by atoms with van der Waals surface area (Å²) in [6.07, 6.45) is 0. The molecule has 12 aromatic carbocycles. The van der Waals surface area contributed by atoms with Crippen molar-refractivity contribution in [3.63, 3.8) is 0 Å². The van der Waals surface area contributed by atoms with Gasteiger partial charge in [0.05, 0.1) is 22.7 Å². The van der Waals surface area contributed by atoms with Crippen LogP contribution in [0.15, 0.2) is 218 Å². The molecule has 2 nitrogen and oxygen atoms in total. The van der Waals surface area contributed by atoms with Gasteiger partial charge >= 0.3 is 0 Å². The van der Waals surface area contributed by atoms with Crippen molar-refractivity contribution in [3.8, 4) is 0 Å². The van der Waals surface area contributed by atoms with Gasteiger partial charge in [-0.05, 0) is 127 Å². The van der Waals surface area contributed by atoms with Crippen LogP contribution >= 0.6 is 0 Å². The van der Waals surface area contributed by atoms with E-state index in [4.69, 9.17) is 0 Å². The number of nitrogens with zero attached hydrogens (tertiary/aromatic N) is 2. The lowest BCUT2D eigenvalue weighted by Crippen LogP contribution is -2.12. The minimum Gasteiger partial charge on any atom is -0.309 e. The summed E-state index contributed by atoms with van der Waals surface area (Å²) >= 11 is 0. The predicted octanol–water partition coefficient (Wildman–Crippen LogP) is 16.1. The highest BCUT2D eigenvalue weighted by atomic mass is 15.2. The molecule has 0 saturated carbocycles. The van der Waals surface area contributed by atoms with Gasteiger partial charge in [-0.15, -0.1) is 0 Å². The maximum atomic E-state index is 2.46. The standard InChI is InChI=1S/C56H36N2/c1-3-19-45(20-4-1)57(51-23-11-17-43-33-39-13-7-9-15-41(39)35-49(43)51)53-31-27-37-25-26-38-28-32-54(48-30-29-47(53)55(37)56(38)48)58(46-21-5-2-6-22-46)52-24-12-18-44-34-40-14-8-10-16-42(40)36-50(44)52/h1-36H. The van der Waals surface area contributed by atoms with Crippen molar-refractivity contribution in [1.29, 1.82) is 0 Å². The zero-order valence-corrected chi connectivity index (χ0v) is 31.7. The van der Waals surface area contributed by atoms with Crippen LogP contribution in [0, 0.1) is 0 Å². The fraction of sp³-hybridized carbons (Fsp3) is 0. The Morgan fingerprint density at radius 1 is 0.207 bits per heavy atom. The minimum atomic E-state index is 1.12. The van der Waals surface area contributed by atoms with E-state index in [0.29, 0.717) is 0 Å². The van der Waals surface area contributed by atoms with Crippen LogP contribution in [0.4, 0.5) is 34.1 Å². The molecule has 0 amide bonds. The predicted molar refractivity (Wildman–Crippen MR) is 250 cm³/mol. The van der Waals surface area contributed by atoms with Gasteiger partial charge in [-0.3, -0.25) is 0 Å². The van der Waals surface area contributed by atoms with E-state index in [0.717, 1.165) is 34.1 Å². The molecule has 0 atom stereocenters. The van der Waals surface area contributed by atoms with Gasteiger partial charge in [0.1, 0.15) is 0 Å². The van der Waals surface area contributed by atoms with Crippen molar-refractivity contribution in [1.82, 2.24) is 0 Å². The van der Waals surface area contributed by atoms with E-state index in [1.807, 2.05) is 0 Å². The Balaban J connectivity index is 1.13. The van der Waals surface area contributed by atoms with Crippen LogP contribution in [0.25, 0.3) is 75.4 Å². The second-order valence-electron chi connectivity index (χ2n) is 15.3. The smallest absolute Gasteiger partial charge is 0.0540 e. The number of para-hydroxylation sites is 2. The third-order valence-electron chi connectivity index (χ3n) is 12.1. The maximum Gasteiger partial charge on any atom is 0.0540 e. The van der Waals surface area contributed by atoms with E-state index in [1.54, 1.807) is 0 Å². The van der Waals surface area contributed by atoms with Gasteiger partial charge in [0.25, 0.3) is 0 Å². The molecule has 0 fully saturated rings. The monoisotopic (exact) mass is 736 g/mol. The lowest BCUT2D eigenvalue weighted by molar-refractivity contribution is 1.31. The van der Waals surface area contributed by atoms with Crippen molar-refractivity contribution < 1.29 is 0 Å². The molecule has 0 spiro atoms. The van der Waals surface area contributed by atoms with Gasteiger partial charge < -0.3 is 9.80 Å². The highest BCUT2D eigenvalue weighted by molar-refractivity contribution is 6.28. The highest BCUT2D eigenvalue weighted by Gasteiger charge is 2.23. The third-order valence-corrected chi connectivity index (χ3v) is 12.1. The summed E-state index contributed by atoms with van der Waals surface area (Å²) < 4.78 is 0. The van der Waals surface area contributed by atoms with Crippen LogP contribution in [-0.2, 0) is 0 Å². The van der Waals surface area contributed by atoms with Crippen LogP contribution in [-0.4, -0.2) is 0 Å². The van der Waals surface area contributed by atoms with Crippen LogP contribution < -0.4 is 9.80 Å². The van der Waals surface area contributed by atoms with Crippen molar-refractivity contribution in [2.45, 2.75) is 0 Å². The normalized spacial score (nSPS) is 11.8. The Morgan fingerprint density at radius 2 is 0.552 bits per heavy atom. The molecule has 0 saturated heterocycles. The molecule has 12 rings (SSSR count). The van der Waals surface area contributed by atoms with E-state index in [2.05, 4.69) is 228 Å². The molecule has 270 valence electrons. The largest absolute Gasteiger partial charge is 0.309 e. The Labute approximate surface area is 336 Å². The number of fused-ring (bicyclic) bond motifs is 4. The van der Waals surface area contributed by atoms with Crippen LogP contribution in [0.5, 0.6) is 0 Å². The summed E-state index contributed by atoms with van der Waals surface area (Å²) in [5.41, 5.74) is 6.86. The molecule has 0 N–H and O–H groups in total. The molecule has 0 aromatic heterocycles. The summed E-state index contributed by atoms with van der Waals surface area (Å²) in [6.45, 7) is 0. The zero-order chi connectivity index (χ0) is 38.2. The number of hydrogen-bond donors (Lipinski definition) is 0. The molecule has 0 unspecified atom stereocenters. The highest BCUT2D eigenvalue weighted by Crippen LogP contribution is 2.49. The van der Waals surface area contributed by atoms with Crippen LogP contribution in [0.3, 0.4) is 0 Å². The van der Waals surface area contributed by atoms with E-state index in [-0.39, 0.29) is 0 Å². The van der Waals surface area contributed by atoms with E-state index in [9.17, 15) is 0 Å². The second-order valence-corrected chi connectivity index (χ2v) is 15.3. The lowest BCUT2D eigenvalue weighted by atomic mass is 9.91. The molecule has 0 radical (unpaired) electrons. The first kappa shape index (κ1) is 32.6. The number of anilines is 6. The maximum absolute atomic E-state index is 2.46. The fourth-order valence-electron chi connectivity index (χ4n) is 9.42. The Kier molecular flexibility index (Phi) is 7.26. The van der Waals surface area contributed by atoms with Gasteiger partial charge in [-0.1, -0.05) is 146 Å². The topological polar surface area (TPSA) is 6.48 Å². The quantitative estimate of drug-likeness (QED) is 0.124. The van der Waals surface area contributed by atoms with Crippen molar-refractivity contribution in [2.24, 2.45) is 0 Å². The Hall–Kier alpha value is -7.68. The van der Waals surface area contributed by atoms with Crippen molar-refractivity contribution in [2.75, 3.05) is 9.80 Å². The molecule has 0 bridgehead atoms. The molecular weight excluding hydrogens is 701 g/mol. The summed E-state index contributed by atoms with van der Waals surface area (Å²) in [5, 5.41) is 17.3. The summed E-state index contributed by atoms with van der Waals surface area (Å²) in [4.78, 5) is 4.92. The SMILES string of the molecule is c1ccc(N(c2cccc3cc4ccccc4cc23)c2ccc3ccc4ccc(N(c5ccccc5)c5cccc6cc7ccccc7cc56)c5ccc2c3c45)cc1. The third kappa shape index (κ3) is 5.05. The van der Waals surface area contributed by atoms with E-state index in [1.165, 1.54) is 75.4 Å². The first-order chi connectivity index (χ1) is 28.8. The number of rotatable bonds is 6. The Bertz CT molecular complexity index is 3280. The van der Waals surface area contributed by atoms with Gasteiger partial charge in [-0.2, -0.15) is 0 Å². The summed E-state index contributed by atoms with van der Waals surface area (Å²) in [7, 11) is 0. The van der Waals surface area contributed by atoms with Crippen molar-refractivity contribution in [3.05, 3.63) is 218 Å². The second kappa shape index (κ2) is 12.9. The zero-order valence-electron chi connectivity index (χ0n) is 31.7. The molecule has 12 aromatic rings. The summed E-state index contributed by atoms with van der Waals surface area (Å²) in [6, 6.07) is 80.2. The molecular formula is C56H36N2. The Morgan fingerprint density at radius 3 is 0.983 bits per heavy atom. The van der Waals surface area contributed by atoms with E-state index >= 15 is 0 Å². The fourth-order valence-corrected chi connectivity index (χ4v) is 9.42. The van der Waals surface area contributed by atoms with E-state index < -0.39 is 0 Å². The molecule has 0 aliphatic heterocycles. The molecule has 58 heavy (non-hydrogen) atoms. The van der Waals surface area contributed by atoms with Crippen LogP contribution in [0.2, 0.25) is 0 Å². The van der Waals surface area contributed by atoms with Gasteiger partial charge in [0, 0.05) is 32.9 Å². The minimum absolute atomic E-state index is 1.12. The number of hydrogen-bond acceptors (Lipinski definition) is 2. The van der Waals surface area contributed by atoms with Gasteiger partial charge in [0.2, 0.25) is 0 Å². The van der Waals surface area contributed by atoms with Gasteiger partial charge in [-0.25, -0.2) is 0 Å². The molecule has 0 aliphatic rings.